The van der Waals surface area contributed by atoms with Crippen LogP contribution in [0.3, 0.4) is 0 Å². The van der Waals surface area contributed by atoms with E-state index < -0.39 is 12.0 Å². The summed E-state index contributed by atoms with van der Waals surface area (Å²) in [5.74, 6) is -0.696. The molecular weight excluding hydrogens is 322 g/mol. The number of rotatable bonds is 4. The molecule has 7 heteroatoms. The molecule has 0 bridgehead atoms. The molecule has 1 aliphatic heterocycles. The van der Waals surface area contributed by atoms with Gasteiger partial charge in [0.05, 0.1) is 11.4 Å². The largest absolute Gasteiger partial charge is 0.481 e. The molecule has 0 radical (unpaired) electrons. The highest BCUT2D eigenvalue weighted by Gasteiger charge is 2.30. The van der Waals surface area contributed by atoms with Gasteiger partial charge >= 0.3 is 0 Å². The minimum atomic E-state index is -0.807. The summed E-state index contributed by atoms with van der Waals surface area (Å²) in [6.07, 6.45) is -0.807. The molecule has 128 valence electrons. The zero-order valence-electron chi connectivity index (χ0n) is 13.6. The van der Waals surface area contributed by atoms with Crippen molar-refractivity contribution in [3.8, 4) is 5.75 Å². The van der Waals surface area contributed by atoms with Crippen molar-refractivity contribution in [2.75, 3.05) is 16.8 Å². The molecule has 0 aromatic heterocycles. The van der Waals surface area contributed by atoms with E-state index in [-0.39, 0.29) is 18.4 Å². The van der Waals surface area contributed by atoms with Crippen molar-refractivity contribution in [3.63, 3.8) is 0 Å². The summed E-state index contributed by atoms with van der Waals surface area (Å²) in [6.45, 7) is 1.55. The lowest BCUT2D eigenvalue weighted by atomic mass is 10.1. The van der Waals surface area contributed by atoms with Crippen molar-refractivity contribution in [2.24, 2.45) is 5.73 Å². The monoisotopic (exact) mass is 339 g/mol. The molecule has 1 aliphatic rings. The molecule has 25 heavy (non-hydrogen) atoms. The summed E-state index contributed by atoms with van der Waals surface area (Å²) in [4.78, 5) is 37.0. The Kier molecular flexibility index (Phi) is 4.38. The molecule has 0 spiro atoms. The Bertz CT molecular complexity index is 832. The Morgan fingerprint density at radius 1 is 1.16 bits per heavy atom. The fraction of sp³-hybridized carbons (Fsp3) is 0.167. The number of hydrogen-bond acceptors (Lipinski definition) is 4. The van der Waals surface area contributed by atoms with Crippen molar-refractivity contribution in [3.05, 3.63) is 54.1 Å². The number of anilines is 2. The van der Waals surface area contributed by atoms with Crippen molar-refractivity contribution < 1.29 is 19.1 Å². The summed E-state index contributed by atoms with van der Waals surface area (Å²) < 4.78 is 5.64. The van der Waals surface area contributed by atoms with Gasteiger partial charge in [0.15, 0.2) is 6.10 Å². The van der Waals surface area contributed by atoms with Gasteiger partial charge in [-0.25, -0.2) is 0 Å². The van der Waals surface area contributed by atoms with E-state index in [0.717, 1.165) is 0 Å². The Labute approximate surface area is 144 Å². The van der Waals surface area contributed by atoms with Crippen LogP contribution in [0.4, 0.5) is 11.4 Å². The first-order chi connectivity index (χ1) is 12.0. The number of nitrogens with two attached hydrogens (primary N) is 1. The molecule has 2 aromatic carbocycles. The number of primary amides is 1. The summed E-state index contributed by atoms with van der Waals surface area (Å²) in [7, 11) is 0. The minimum Gasteiger partial charge on any atom is -0.481 e. The molecule has 0 aliphatic carbocycles. The van der Waals surface area contributed by atoms with E-state index in [4.69, 9.17) is 10.5 Å². The highest BCUT2D eigenvalue weighted by atomic mass is 16.5. The number of fused-ring (bicyclic) bond motifs is 1. The van der Waals surface area contributed by atoms with Crippen molar-refractivity contribution in [1.29, 1.82) is 0 Å². The molecule has 3 rings (SSSR count). The van der Waals surface area contributed by atoms with Gasteiger partial charge in [-0.1, -0.05) is 12.1 Å². The van der Waals surface area contributed by atoms with Crippen molar-refractivity contribution in [2.45, 2.75) is 13.0 Å². The second-order valence-corrected chi connectivity index (χ2v) is 5.64. The van der Waals surface area contributed by atoms with Gasteiger partial charge in [0, 0.05) is 5.56 Å². The zero-order chi connectivity index (χ0) is 18.0. The minimum absolute atomic E-state index is 0.0653. The first kappa shape index (κ1) is 16.5. The fourth-order valence-corrected chi connectivity index (χ4v) is 2.60. The molecular formula is C18H17N3O4. The molecule has 0 unspecified atom stereocenters. The summed E-state index contributed by atoms with van der Waals surface area (Å²) in [5.41, 5.74) is 6.76. The smallest absolute Gasteiger partial charge is 0.268 e. The van der Waals surface area contributed by atoms with E-state index in [9.17, 15) is 14.4 Å². The van der Waals surface area contributed by atoms with Crippen LogP contribution in [0.2, 0.25) is 0 Å². The van der Waals surface area contributed by atoms with E-state index in [0.29, 0.717) is 22.7 Å². The van der Waals surface area contributed by atoms with E-state index in [1.165, 1.54) is 17.0 Å². The highest BCUT2D eigenvalue weighted by molar-refractivity contribution is 6.10. The lowest BCUT2D eigenvalue weighted by Crippen LogP contribution is -2.47. The second kappa shape index (κ2) is 6.64. The van der Waals surface area contributed by atoms with Crippen molar-refractivity contribution in [1.82, 2.24) is 0 Å². The molecule has 7 nitrogen and oxygen atoms in total. The maximum atomic E-state index is 12.7. The zero-order valence-corrected chi connectivity index (χ0v) is 13.6. The van der Waals surface area contributed by atoms with Gasteiger partial charge in [-0.15, -0.1) is 0 Å². The average Bonchev–Trinajstić information content (AvgIpc) is 2.60. The molecule has 2 aromatic rings. The summed E-state index contributed by atoms with van der Waals surface area (Å²) in [5, 5.41) is 2.73. The third-order valence-corrected chi connectivity index (χ3v) is 3.84. The average molecular weight is 339 g/mol. The second-order valence-electron chi connectivity index (χ2n) is 5.64. The maximum absolute atomic E-state index is 12.7. The van der Waals surface area contributed by atoms with E-state index in [1.54, 1.807) is 43.3 Å². The lowest BCUT2D eigenvalue weighted by Gasteiger charge is -2.31. The standard InChI is InChI=1S/C18H17N3O4/c1-11(25-13-8-6-12(7-9-13)17(19)23)18(24)21-10-16(22)20-14-4-2-3-5-15(14)21/h2-9,11H,10H2,1H3,(H2,19,23)(H,20,22)/t11-/m0/s1. The van der Waals surface area contributed by atoms with Gasteiger partial charge in [0.1, 0.15) is 12.3 Å². The predicted molar refractivity (Wildman–Crippen MR) is 92.5 cm³/mol. The Hall–Kier alpha value is -3.35. The van der Waals surface area contributed by atoms with Crippen LogP contribution in [-0.4, -0.2) is 30.4 Å². The third kappa shape index (κ3) is 3.45. The number of carbonyl (C=O) groups is 3. The topological polar surface area (TPSA) is 102 Å². The first-order valence-corrected chi connectivity index (χ1v) is 7.72. The number of ether oxygens (including phenoxy) is 1. The van der Waals surface area contributed by atoms with Crippen LogP contribution in [0, 0.1) is 0 Å². The Balaban J connectivity index is 1.76. The van der Waals surface area contributed by atoms with Gasteiger partial charge in [0.2, 0.25) is 11.8 Å². The van der Waals surface area contributed by atoms with Gasteiger partial charge in [0.25, 0.3) is 5.91 Å². The number of hydrogen-bond donors (Lipinski definition) is 2. The van der Waals surface area contributed by atoms with Crippen LogP contribution in [0.25, 0.3) is 0 Å². The lowest BCUT2D eigenvalue weighted by molar-refractivity contribution is -0.126. The predicted octanol–water partition coefficient (Wildman–Crippen LogP) is 1.54. The quantitative estimate of drug-likeness (QED) is 0.882. The van der Waals surface area contributed by atoms with Gasteiger partial charge in [-0.2, -0.15) is 0 Å². The Morgan fingerprint density at radius 3 is 2.52 bits per heavy atom. The molecule has 0 saturated carbocycles. The molecule has 3 N–H and O–H groups in total. The normalized spacial score (nSPS) is 14.3. The van der Waals surface area contributed by atoms with Crippen LogP contribution in [0.15, 0.2) is 48.5 Å². The van der Waals surface area contributed by atoms with Crippen LogP contribution < -0.4 is 20.7 Å². The number of benzene rings is 2. The van der Waals surface area contributed by atoms with Gasteiger partial charge in [-0.3, -0.25) is 19.3 Å². The number of carbonyl (C=O) groups excluding carboxylic acids is 3. The number of nitrogens with one attached hydrogen (secondary N) is 1. The van der Waals surface area contributed by atoms with Crippen molar-refractivity contribution >= 4 is 29.1 Å². The SMILES string of the molecule is C[C@H](Oc1ccc(C(N)=O)cc1)C(=O)N1CC(=O)Nc2ccccc21. The van der Waals surface area contributed by atoms with Crippen LogP contribution in [0.1, 0.15) is 17.3 Å². The molecule has 1 heterocycles. The molecule has 0 fully saturated rings. The summed E-state index contributed by atoms with van der Waals surface area (Å²) in [6, 6.07) is 13.3. The van der Waals surface area contributed by atoms with Gasteiger partial charge < -0.3 is 15.8 Å². The summed E-state index contributed by atoms with van der Waals surface area (Å²) >= 11 is 0. The molecule has 0 saturated heterocycles. The number of amides is 3. The Morgan fingerprint density at radius 2 is 1.84 bits per heavy atom. The van der Waals surface area contributed by atoms with Crippen LogP contribution >= 0.6 is 0 Å². The maximum Gasteiger partial charge on any atom is 0.268 e. The number of nitrogens with zero attached hydrogens (tertiary/aromatic N) is 1. The van der Waals surface area contributed by atoms with E-state index in [2.05, 4.69) is 5.32 Å². The molecule has 1 atom stereocenters. The highest BCUT2D eigenvalue weighted by Crippen LogP contribution is 2.29. The van der Waals surface area contributed by atoms with E-state index >= 15 is 0 Å². The van der Waals surface area contributed by atoms with E-state index in [1.807, 2.05) is 0 Å². The van der Waals surface area contributed by atoms with Gasteiger partial charge in [-0.05, 0) is 43.3 Å². The number of para-hydroxylation sites is 2. The fourth-order valence-electron chi connectivity index (χ4n) is 2.60. The third-order valence-electron chi connectivity index (χ3n) is 3.84. The van der Waals surface area contributed by atoms with Crippen LogP contribution in [-0.2, 0) is 9.59 Å². The first-order valence-electron chi connectivity index (χ1n) is 7.72. The van der Waals surface area contributed by atoms with Crippen LogP contribution in [0.5, 0.6) is 5.75 Å². The molecule has 3 amide bonds.